The lowest BCUT2D eigenvalue weighted by molar-refractivity contribution is -0.0399. The van der Waals surface area contributed by atoms with Crippen molar-refractivity contribution in [1.29, 1.82) is 0 Å². The molecule has 0 radical (unpaired) electrons. The number of thiophene rings is 1. The molecule has 3 nitrogen and oxygen atoms in total. The van der Waals surface area contributed by atoms with E-state index >= 15 is 0 Å². The minimum atomic E-state index is 0.187. The molecule has 18 aromatic rings. The summed E-state index contributed by atoms with van der Waals surface area (Å²) >= 11 is 1.87. The number of nitrogens with zero attached hydrogens (tertiary/aromatic N) is 2. The van der Waals surface area contributed by atoms with Gasteiger partial charge in [-0.05, 0) is 308 Å². The van der Waals surface area contributed by atoms with Crippen LogP contribution in [0.4, 0.5) is 34.1 Å². The van der Waals surface area contributed by atoms with Gasteiger partial charge in [-0.1, -0.05) is 285 Å². The first kappa shape index (κ1) is 70.2. The molecular formula is C116H90N2OS. The lowest BCUT2D eigenvalue weighted by atomic mass is 9.43. The summed E-state index contributed by atoms with van der Waals surface area (Å²) in [4.78, 5) is 4.73. The molecule has 2 spiro atoms. The van der Waals surface area contributed by atoms with Gasteiger partial charge in [-0.15, -0.1) is 11.3 Å². The van der Waals surface area contributed by atoms with Crippen LogP contribution in [0, 0.1) is 47.3 Å². The molecule has 120 heavy (non-hydrogen) atoms. The van der Waals surface area contributed by atoms with Crippen molar-refractivity contribution in [2.75, 3.05) is 9.80 Å². The second-order valence-corrected chi connectivity index (χ2v) is 37.3. The molecule has 8 bridgehead atoms. The Labute approximate surface area is 706 Å². The van der Waals surface area contributed by atoms with Crippen LogP contribution in [0.1, 0.15) is 86.5 Å². The molecule has 0 unspecified atom stereocenters. The maximum absolute atomic E-state index is 6.38. The molecule has 8 fully saturated rings. The van der Waals surface area contributed by atoms with E-state index in [1.54, 1.807) is 22.3 Å². The van der Waals surface area contributed by atoms with Crippen molar-refractivity contribution in [2.45, 2.75) is 75.0 Å². The number of hydrogen-bond donors (Lipinski definition) is 0. The molecule has 2 aromatic heterocycles. The summed E-state index contributed by atoms with van der Waals surface area (Å²) in [5.74, 6) is 6.89. The van der Waals surface area contributed by atoms with Crippen LogP contribution in [0.25, 0.3) is 131 Å². The van der Waals surface area contributed by atoms with Crippen LogP contribution in [0.15, 0.2) is 381 Å². The van der Waals surface area contributed by atoms with Gasteiger partial charge >= 0.3 is 0 Å². The third kappa shape index (κ3) is 11.1. The smallest absolute Gasteiger partial charge is 0.137 e. The summed E-state index contributed by atoms with van der Waals surface area (Å²) in [5, 5.41) is 4.91. The molecule has 576 valence electrons. The Morgan fingerprint density at radius 1 is 0.217 bits per heavy atom. The van der Waals surface area contributed by atoms with E-state index in [0.717, 1.165) is 103 Å². The quantitative estimate of drug-likeness (QED) is 0.122. The van der Waals surface area contributed by atoms with Crippen molar-refractivity contribution >= 4 is 87.6 Å². The van der Waals surface area contributed by atoms with Crippen LogP contribution in [0.3, 0.4) is 0 Å². The molecule has 0 saturated heterocycles. The van der Waals surface area contributed by atoms with Gasteiger partial charge < -0.3 is 14.2 Å². The van der Waals surface area contributed by atoms with E-state index < -0.39 is 0 Å². The van der Waals surface area contributed by atoms with Gasteiger partial charge in [0.05, 0.1) is 0 Å². The van der Waals surface area contributed by atoms with Crippen molar-refractivity contribution < 1.29 is 4.42 Å². The van der Waals surface area contributed by atoms with Gasteiger partial charge in [0.1, 0.15) is 11.2 Å². The third-order valence-corrected chi connectivity index (χ3v) is 31.3. The van der Waals surface area contributed by atoms with Crippen LogP contribution < -0.4 is 9.80 Å². The predicted octanol–water partition coefficient (Wildman–Crippen LogP) is 32.0. The van der Waals surface area contributed by atoms with Gasteiger partial charge in [-0.25, -0.2) is 0 Å². The van der Waals surface area contributed by atoms with E-state index in [9.17, 15) is 0 Å². The minimum absolute atomic E-state index is 0.187. The van der Waals surface area contributed by atoms with Gasteiger partial charge in [-0.2, -0.15) is 0 Å². The molecule has 16 aromatic carbocycles. The highest BCUT2D eigenvalue weighted by Crippen LogP contribution is 2.72. The highest BCUT2D eigenvalue weighted by Gasteiger charge is 2.63. The highest BCUT2D eigenvalue weighted by molar-refractivity contribution is 7.25. The summed E-state index contributed by atoms with van der Waals surface area (Å²) in [5.41, 5.74) is 36.4. The fourth-order valence-corrected chi connectivity index (χ4v) is 26.8. The van der Waals surface area contributed by atoms with Gasteiger partial charge in [-0.3, -0.25) is 0 Å². The van der Waals surface area contributed by atoms with Crippen LogP contribution in [0.2, 0.25) is 0 Å². The molecule has 2 heterocycles. The fraction of sp³-hybridized carbons (Fsp3) is 0.172. The van der Waals surface area contributed by atoms with E-state index in [0.29, 0.717) is 0 Å². The predicted molar refractivity (Wildman–Crippen MR) is 502 cm³/mol. The van der Waals surface area contributed by atoms with Crippen molar-refractivity contribution in [3.05, 3.63) is 398 Å². The van der Waals surface area contributed by atoms with E-state index in [4.69, 9.17) is 4.42 Å². The molecule has 10 aliphatic carbocycles. The van der Waals surface area contributed by atoms with Crippen molar-refractivity contribution in [3.8, 4) is 89.0 Å². The topological polar surface area (TPSA) is 19.6 Å². The Morgan fingerprint density at radius 3 is 0.967 bits per heavy atom. The Morgan fingerprint density at radius 2 is 0.525 bits per heavy atom. The summed E-state index contributed by atoms with van der Waals surface area (Å²) in [7, 11) is 0. The van der Waals surface area contributed by atoms with Crippen LogP contribution >= 0.6 is 11.3 Å². The standard InChI is InChI=1S/C58H45NO.C58H45NS/c2*1-2-9-39(10-3-1)41-21-25-46(26-22-41)59(48-29-30-51-50-11-5-7-16-55(50)60-56(51)36-48)47-27-23-42(24-28-47)40-17-19-43(20-18-40)49-13-8-15-54-57(49)52-12-4-6-14-53(52)58(54)44-32-37-31-38(34-44)35-45(58)33-37/h2*1-30,36-38,44-45H,31-35H2. The second-order valence-electron chi connectivity index (χ2n) is 36.2. The highest BCUT2D eigenvalue weighted by atomic mass is 32.1. The second kappa shape index (κ2) is 27.9. The lowest BCUT2D eigenvalue weighted by Gasteiger charge is -2.61. The first-order valence-corrected chi connectivity index (χ1v) is 44.8. The zero-order valence-electron chi connectivity index (χ0n) is 67.2. The van der Waals surface area contributed by atoms with E-state index in [1.807, 2.05) is 23.5 Å². The number of anilines is 6. The number of para-hydroxylation sites is 1. The normalized spacial score (nSPS) is 22.1. The largest absolute Gasteiger partial charge is 0.456 e. The van der Waals surface area contributed by atoms with Gasteiger partial charge in [0.25, 0.3) is 0 Å². The first-order valence-electron chi connectivity index (χ1n) is 44.0. The van der Waals surface area contributed by atoms with E-state index in [1.165, 1.54) is 173 Å². The van der Waals surface area contributed by atoms with Crippen molar-refractivity contribution in [1.82, 2.24) is 0 Å². The van der Waals surface area contributed by atoms with E-state index in [-0.39, 0.29) is 10.8 Å². The fourth-order valence-electron chi connectivity index (χ4n) is 25.6. The summed E-state index contributed by atoms with van der Waals surface area (Å²) < 4.78 is 9.01. The SMILES string of the molecule is c1ccc(-c2ccc(N(c3ccc(-c4ccc(-c5cccc6c5-c5ccccc5C65C6CC7CC(C6)CC5C7)cc4)cc3)c3ccc4c(c3)oc3ccccc34)cc2)cc1.c1ccc(-c2ccc(N(c3ccc(-c4ccc(-c5cccc6c5-c5ccccc5C65C6CC7CC(C6)CC5C7)cc4)cc3)c3ccc4c(c3)sc3ccccc34)cc2)cc1. The summed E-state index contributed by atoms with van der Waals surface area (Å²) in [6, 6.07) is 140. The molecule has 28 rings (SSSR count). The molecule has 8 saturated carbocycles. The number of rotatable bonds is 12. The number of fused-ring (bicyclic) bond motifs is 12. The average Bonchev–Trinajstić information content (AvgIpc) is 1.50. The monoisotopic (exact) mass is 1560 g/mol. The Bertz CT molecular complexity index is 6540. The van der Waals surface area contributed by atoms with E-state index in [2.05, 4.69) is 374 Å². The molecule has 0 aliphatic heterocycles. The number of furan rings is 1. The van der Waals surface area contributed by atoms with Crippen LogP contribution in [-0.2, 0) is 10.8 Å². The van der Waals surface area contributed by atoms with Crippen LogP contribution in [-0.4, -0.2) is 0 Å². The lowest BCUT2D eigenvalue weighted by Crippen LogP contribution is -2.55. The van der Waals surface area contributed by atoms with Crippen molar-refractivity contribution in [3.63, 3.8) is 0 Å². The molecule has 0 N–H and O–H groups in total. The Hall–Kier alpha value is -12.9. The zero-order chi connectivity index (χ0) is 78.7. The average molecular weight is 1560 g/mol. The maximum atomic E-state index is 6.38. The van der Waals surface area contributed by atoms with Gasteiger partial charge in [0.15, 0.2) is 0 Å². The third-order valence-electron chi connectivity index (χ3n) is 30.2. The molecule has 10 aliphatic rings. The Kier molecular flexibility index (Phi) is 16.3. The zero-order valence-corrected chi connectivity index (χ0v) is 68.0. The summed E-state index contributed by atoms with van der Waals surface area (Å²) in [6.45, 7) is 0. The maximum Gasteiger partial charge on any atom is 0.137 e. The molecular weight excluding hydrogens is 1470 g/mol. The number of benzene rings is 16. The first-order chi connectivity index (χ1) is 59.4. The minimum Gasteiger partial charge on any atom is -0.456 e. The Balaban J connectivity index is 0.000000133. The van der Waals surface area contributed by atoms with Crippen molar-refractivity contribution in [2.24, 2.45) is 47.3 Å². The molecule has 4 heteroatoms. The summed E-state index contributed by atoms with van der Waals surface area (Å²) in [6.07, 6.45) is 14.3. The number of hydrogen-bond acceptors (Lipinski definition) is 4. The van der Waals surface area contributed by atoms with Gasteiger partial charge in [0, 0.05) is 82.0 Å². The van der Waals surface area contributed by atoms with Gasteiger partial charge in [0.2, 0.25) is 0 Å². The molecule has 0 atom stereocenters. The molecule has 0 amide bonds. The van der Waals surface area contributed by atoms with Crippen LogP contribution in [0.5, 0.6) is 0 Å².